The van der Waals surface area contributed by atoms with Crippen LogP contribution in [0.5, 0.6) is 0 Å². The summed E-state index contributed by atoms with van der Waals surface area (Å²) in [5.41, 5.74) is 1.17. The smallest absolute Gasteiger partial charge is 0.315 e. The van der Waals surface area contributed by atoms with Crippen LogP contribution in [0.1, 0.15) is 37.7 Å². The highest BCUT2D eigenvalue weighted by Crippen LogP contribution is 2.24. The Balaban J connectivity index is 1.38. The zero-order valence-electron chi connectivity index (χ0n) is 14.4. The molecule has 1 aromatic heterocycles. The number of nitrogens with zero attached hydrogens (tertiary/aromatic N) is 2. The van der Waals surface area contributed by atoms with E-state index in [1.54, 1.807) is 0 Å². The normalized spacial score (nSPS) is 24.8. The summed E-state index contributed by atoms with van der Waals surface area (Å²) in [6, 6.07) is 4.24. The zero-order chi connectivity index (χ0) is 16.9. The number of carbonyl (C=O) groups excluding carboxylic acids is 1. The highest BCUT2D eigenvalue weighted by atomic mass is 16.3. The lowest BCUT2D eigenvalue weighted by Gasteiger charge is -2.33. The van der Waals surface area contributed by atoms with E-state index < -0.39 is 0 Å². The Morgan fingerprint density at radius 3 is 2.71 bits per heavy atom. The van der Waals surface area contributed by atoms with Crippen LogP contribution in [-0.2, 0) is 0 Å². The van der Waals surface area contributed by atoms with Gasteiger partial charge in [0.15, 0.2) is 0 Å². The molecule has 0 radical (unpaired) electrons. The van der Waals surface area contributed by atoms with Gasteiger partial charge in [0.2, 0.25) is 0 Å². The molecule has 1 saturated heterocycles. The van der Waals surface area contributed by atoms with E-state index >= 15 is 0 Å². The molecule has 6 nitrogen and oxygen atoms in total. The first-order valence-electron chi connectivity index (χ1n) is 9.02. The van der Waals surface area contributed by atoms with Crippen LogP contribution in [0.25, 0.3) is 0 Å². The molecule has 3 N–H and O–H groups in total. The number of aliphatic hydroxyl groups is 1. The van der Waals surface area contributed by atoms with Crippen molar-refractivity contribution < 1.29 is 9.90 Å². The number of amides is 2. The largest absolute Gasteiger partial charge is 0.393 e. The SMILES string of the molecule is Cc1ccc(N2CCC(NC(=O)NC[C@@H]3CCC[C@@H]3O)CC2)nc1. The van der Waals surface area contributed by atoms with Crippen LogP contribution in [0, 0.1) is 12.8 Å². The Hall–Kier alpha value is -1.82. The van der Waals surface area contributed by atoms with Crippen molar-refractivity contribution in [2.24, 2.45) is 5.92 Å². The molecule has 0 spiro atoms. The van der Waals surface area contributed by atoms with E-state index in [-0.39, 0.29) is 24.1 Å². The summed E-state index contributed by atoms with van der Waals surface area (Å²) in [5, 5.41) is 15.8. The van der Waals surface area contributed by atoms with Gasteiger partial charge in [-0.15, -0.1) is 0 Å². The predicted octanol–water partition coefficient (Wildman–Crippen LogP) is 1.82. The quantitative estimate of drug-likeness (QED) is 0.786. The summed E-state index contributed by atoms with van der Waals surface area (Å²) in [7, 11) is 0. The second kappa shape index (κ2) is 7.83. The van der Waals surface area contributed by atoms with E-state index in [4.69, 9.17) is 0 Å². The molecule has 0 unspecified atom stereocenters. The topological polar surface area (TPSA) is 77.5 Å². The highest BCUT2D eigenvalue weighted by Gasteiger charge is 2.26. The fraction of sp³-hybridized carbons (Fsp3) is 0.667. The van der Waals surface area contributed by atoms with Gasteiger partial charge in [0.1, 0.15) is 5.82 Å². The second-order valence-corrected chi connectivity index (χ2v) is 7.07. The summed E-state index contributed by atoms with van der Waals surface area (Å²) >= 11 is 0. The molecule has 1 aliphatic heterocycles. The molecule has 2 amide bonds. The van der Waals surface area contributed by atoms with Gasteiger partial charge in [-0.3, -0.25) is 0 Å². The number of urea groups is 1. The molecule has 132 valence electrons. The van der Waals surface area contributed by atoms with Crippen molar-refractivity contribution in [1.82, 2.24) is 15.6 Å². The van der Waals surface area contributed by atoms with Crippen molar-refractivity contribution in [2.75, 3.05) is 24.5 Å². The van der Waals surface area contributed by atoms with E-state index in [2.05, 4.69) is 32.7 Å². The lowest BCUT2D eigenvalue weighted by Crippen LogP contribution is -2.49. The number of anilines is 1. The summed E-state index contributed by atoms with van der Waals surface area (Å²) in [6.07, 6.45) is 6.41. The predicted molar refractivity (Wildman–Crippen MR) is 94.1 cm³/mol. The number of rotatable bonds is 4. The summed E-state index contributed by atoms with van der Waals surface area (Å²) in [4.78, 5) is 18.8. The summed E-state index contributed by atoms with van der Waals surface area (Å²) < 4.78 is 0. The average molecular weight is 332 g/mol. The van der Waals surface area contributed by atoms with Crippen LogP contribution >= 0.6 is 0 Å². The summed E-state index contributed by atoms with van der Waals surface area (Å²) in [5.74, 6) is 1.23. The van der Waals surface area contributed by atoms with Crippen LogP contribution in [0.2, 0.25) is 0 Å². The summed E-state index contributed by atoms with van der Waals surface area (Å²) in [6.45, 7) is 4.42. The Bertz CT molecular complexity index is 540. The molecule has 1 aliphatic carbocycles. The molecule has 2 fully saturated rings. The van der Waals surface area contributed by atoms with E-state index in [0.29, 0.717) is 6.54 Å². The second-order valence-electron chi connectivity index (χ2n) is 7.07. The molecule has 0 bridgehead atoms. The van der Waals surface area contributed by atoms with E-state index in [1.165, 1.54) is 5.56 Å². The number of pyridine rings is 1. The maximum Gasteiger partial charge on any atom is 0.315 e. The number of aromatic nitrogens is 1. The third-order valence-corrected chi connectivity index (χ3v) is 5.19. The van der Waals surface area contributed by atoms with Gasteiger partial charge >= 0.3 is 6.03 Å². The lowest BCUT2D eigenvalue weighted by molar-refractivity contribution is 0.132. The van der Waals surface area contributed by atoms with E-state index in [0.717, 1.165) is 51.0 Å². The number of carbonyl (C=O) groups is 1. The van der Waals surface area contributed by atoms with Crippen LogP contribution in [0.4, 0.5) is 10.6 Å². The average Bonchev–Trinajstić information content (AvgIpc) is 3.00. The van der Waals surface area contributed by atoms with E-state index in [9.17, 15) is 9.90 Å². The third-order valence-electron chi connectivity index (χ3n) is 5.19. The number of nitrogens with one attached hydrogen (secondary N) is 2. The molecule has 3 rings (SSSR count). The first-order chi connectivity index (χ1) is 11.6. The standard InChI is InChI=1S/C18H28N4O2/c1-13-5-6-17(19-11-13)22-9-7-15(8-10-22)21-18(24)20-12-14-3-2-4-16(14)23/h5-6,11,14-16,23H,2-4,7-10,12H2,1H3,(H2,20,21,24)/t14-,16-/m0/s1. The molecule has 2 aliphatic rings. The van der Waals surface area contributed by atoms with Gasteiger partial charge in [-0.05, 0) is 44.2 Å². The Labute approximate surface area is 143 Å². The number of hydrogen-bond donors (Lipinski definition) is 3. The van der Waals surface area contributed by atoms with Crippen molar-refractivity contribution in [3.8, 4) is 0 Å². The minimum Gasteiger partial charge on any atom is -0.393 e. The Morgan fingerprint density at radius 1 is 1.29 bits per heavy atom. The maximum absolute atomic E-state index is 12.0. The Morgan fingerprint density at radius 2 is 2.08 bits per heavy atom. The molecular weight excluding hydrogens is 304 g/mol. The van der Waals surface area contributed by atoms with Crippen LogP contribution in [0.3, 0.4) is 0 Å². The third kappa shape index (κ3) is 4.38. The van der Waals surface area contributed by atoms with Gasteiger partial charge in [-0.1, -0.05) is 12.5 Å². The first-order valence-corrected chi connectivity index (χ1v) is 9.02. The molecule has 1 saturated carbocycles. The van der Waals surface area contributed by atoms with Crippen molar-refractivity contribution in [1.29, 1.82) is 0 Å². The zero-order valence-corrected chi connectivity index (χ0v) is 14.4. The minimum absolute atomic E-state index is 0.110. The van der Waals surface area contributed by atoms with Crippen molar-refractivity contribution in [2.45, 2.75) is 51.2 Å². The first kappa shape index (κ1) is 17.0. The van der Waals surface area contributed by atoms with Crippen molar-refractivity contribution in [3.63, 3.8) is 0 Å². The maximum atomic E-state index is 12.0. The van der Waals surface area contributed by atoms with E-state index in [1.807, 2.05) is 13.1 Å². The molecule has 6 heteroatoms. The fourth-order valence-electron chi connectivity index (χ4n) is 3.62. The fourth-order valence-corrected chi connectivity index (χ4v) is 3.62. The molecule has 2 atom stereocenters. The lowest BCUT2D eigenvalue weighted by atomic mass is 10.0. The van der Waals surface area contributed by atoms with Crippen molar-refractivity contribution in [3.05, 3.63) is 23.9 Å². The Kier molecular flexibility index (Phi) is 5.56. The molecule has 24 heavy (non-hydrogen) atoms. The van der Waals surface area contributed by atoms with Gasteiger partial charge in [0.05, 0.1) is 6.10 Å². The van der Waals surface area contributed by atoms with Gasteiger partial charge < -0.3 is 20.6 Å². The van der Waals surface area contributed by atoms with Crippen LogP contribution in [-0.4, -0.2) is 47.9 Å². The number of aliphatic hydroxyl groups excluding tert-OH is 1. The molecule has 0 aromatic carbocycles. The number of piperidine rings is 1. The molecule has 2 heterocycles. The van der Waals surface area contributed by atoms with Gasteiger partial charge in [0, 0.05) is 37.8 Å². The molecular formula is C18H28N4O2. The molecule has 1 aromatic rings. The monoisotopic (exact) mass is 332 g/mol. The van der Waals surface area contributed by atoms with Crippen molar-refractivity contribution >= 4 is 11.8 Å². The number of hydrogen-bond acceptors (Lipinski definition) is 4. The highest BCUT2D eigenvalue weighted by molar-refractivity contribution is 5.74. The van der Waals surface area contributed by atoms with Gasteiger partial charge in [-0.25, -0.2) is 9.78 Å². The van der Waals surface area contributed by atoms with Gasteiger partial charge in [0.25, 0.3) is 0 Å². The van der Waals surface area contributed by atoms with Crippen LogP contribution in [0.15, 0.2) is 18.3 Å². The van der Waals surface area contributed by atoms with Gasteiger partial charge in [-0.2, -0.15) is 0 Å². The number of aryl methyl sites for hydroxylation is 1. The van der Waals surface area contributed by atoms with Crippen LogP contribution < -0.4 is 15.5 Å². The minimum atomic E-state index is -0.254.